The molecule has 1 saturated carbocycles. The molecule has 1 N–H and O–H groups in total. The highest BCUT2D eigenvalue weighted by Crippen LogP contribution is 2.36. The van der Waals surface area contributed by atoms with Crippen LogP contribution in [0, 0.1) is 11.3 Å². The summed E-state index contributed by atoms with van der Waals surface area (Å²) in [5.74, 6) is 0.846. The molecule has 0 amide bonds. The third kappa shape index (κ3) is 4.19. The average Bonchev–Trinajstić information content (AvgIpc) is 3.19. The number of hydrogen-bond donors (Lipinski definition) is 1. The van der Waals surface area contributed by atoms with Gasteiger partial charge in [0.25, 0.3) is 0 Å². The Labute approximate surface area is 133 Å². The SMILES string of the molecule is CC(C)(C)C1CCCN(c2ncc(CNC3CC3)s2)CC1. The molecule has 1 aliphatic heterocycles. The number of aromatic nitrogens is 1. The van der Waals surface area contributed by atoms with Crippen LogP contribution < -0.4 is 10.2 Å². The second-order valence-corrected chi connectivity index (χ2v) is 8.84. The minimum atomic E-state index is 0.443. The van der Waals surface area contributed by atoms with Crippen molar-refractivity contribution in [3.63, 3.8) is 0 Å². The van der Waals surface area contributed by atoms with Crippen molar-refractivity contribution in [1.82, 2.24) is 10.3 Å². The van der Waals surface area contributed by atoms with Gasteiger partial charge in [-0.2, -0.15) is 0 Å². The first-order valence-electron chi connectivity index (χ1n) is 8.45. The van der Waals surface area contributed by atoms with Gasteiger partial charge in [0.1, 0.15) is 0 Å². The Morgan fingerprint density at radius 3 is 2.76 bits per heavy atom. The lowest BCUT2D eigenvalue weighted by molar-refractivity contribution is 0.220. The summed E-state index contributed by atoms with van der Waals surface area (Å²) >= 11 is 1.88. The number of anilines is 1. The standard InChI is InChI=1S/C17H29N3S/c1-17(2,3)13-5-4-9-20(10-8-13)16-19-12-15(21-16)11-18-14-6-7-14/h12-14,18H,4-11H2,1-3H3. The molecule has 118 valence electrons. The summed E-state index contributed by atoms with van der Waals surface area (Å²) < 4.78 is 0. The van der Waals surface area contributed by atoms with E-state index in [0.717, 1.165) is 18.5 Å². The van der Waals surface area contributed by atoms with Gasteiger partial charge in [-0.25, -0.2) is 4.98 Å². The predicted octanol–water partition coefficient (Wildman–Crippen LogP) is 4.05. The summed E-state index contributed by atoms with van der Waals surface area (Å²) in [6.07, 6.45) is 8.75. The largest absolute Gasteiger partial charge is 0.348 e. The Kier molecular flexibility index (Phi) is 4.55. The average molecular weight is 308 g/mol. The lowest BCUT2D eigenvalue weighted by Gasteiger charge is -2.29. The molecule has 1 aliphatic carbocycles. The van der Waals surface area contributed by atoms with Gasteiger partial charge in [-0.15, -0.1) is 11.3 Å². The van der Waals surface area contributed by atoms with Crippen LogP contribution in [-0.4, -0.2) is 24.1 Å². The van der Waals surface area contributed by atoms with Crippen molar-refractivity contribution < 1.29 is 0 Å². The van der Waals surface area contributed by atoms with Crippen molar-refractivity contribution in [3.8, 4) is 0 Å². The Morgan fingerprint density at radius 2 is 2.05 bits per heavy atom. The van der Waals surface area contributed by atoms with E-state index < -0.39 is 0 Å². The summed E-state index contributed by atoms with van der Waals surface area (Å²) in [6.45, 7) is 10.5. The number of nitrogens with zero attached hydrogens (tertiary/aromatic N) is 2. The summed E-state index contributed by atoms with van der Waals surface area (Å²) in [6, 6.07) is 0.779. The maximum atomic E-state index is 4.67. The van der Waals surface area contributed by atoms with Crippen LogP contribution in [0.25, 0.3) is 0 Å². The molecule has 4 heteroatoms. The van der Waals surface area contributed by atoms with Gasteiger partial charge in [0.15, 0.2) is 5.13 Å². The molecule has 1 unspecified atom stereocenters. The molecule has 1 atom stereocenters. The zero-order valence-electron chi connectivity index (χ0n) is 13.7. The van der Waals surface area contributed by atoms with Crippen LogP contribution in [0.15, 0.2) is 6.20 Å². The summed E-state index contributed by atoms with van der Waals surface area (Å²) in [5, 5.41) is 4.81. The van der Waals surface area contributed by atoms with E-state index in [0.29, 0.717) is 5.41 Å². The van der Waals surface area contributed by atoms with Gasteiger partial charge < -0.3 is 10.2 Å². The van der Waals surface area contributed by atoms with Gasteiger partial charge in [-0.1, -0.05) is 20.8 Å². The summed E-state index contributed by atoms with van der Waals surface area (Å²) in [4.78, 5) is 8.57. The molecular weight excluding hydrogens is 278 g/mol. The Hall–Kier alpha value is -0.610. The number of hydrogen-bond acceptors (Lipinski definition) is 4. The van der Waals surface area contributed by atoms with Crippen LogP contribution in [0.1, 0.15) is 57.8 Å². The molecule has 3 rings (SSSR count). The van der Waals surface area contributed by atoms with Crippen molar-refractivity contribution in [2.45, 2.75) is 65.5 Å². The highest BCUT2D eigenvalue weighted by Gasteiger charge is 2.28. The first-order valence-corrected chi connectivity index (χ1v) is 9.27. The molecular formula is C17H29N3S. The van der Waals surface area contributed by atoms with E-state index in [1.165, 1.54) is 55.2 Å². The van der Waals surface area contributed by atoms with Crippen LogP contribution in [-0.2, 0) is 6.54 Å². The summed E-state index contributed by atoms with van der Waals surface area (Å²) in [5.41, 5.74) is 0.443. The van der Waals surface area contributed by atoms with Crippen molar-refractivity contribution in [2.75, 3.05) is 18.0 Å². The molecule has 1 saturated heterocycles. The highest BCUT2D eigenvalue weighted by atomic mass is 32.1. The lowest BCUT2D eigenvalue weighted by Crippen LogP contribution is -2.25. The minimum Gasteiger partial charge on any atom is -0.348 e. The quantitative estimate of drug-likeness (QED) is 0.909. The van der Waals surface area contributed by atoms with E-state index in [2.05, 4.69) is 42.2 Å². The van der Waals surface area contributed by atoms with Gasteiger partial charge in [0, 0.05) is 36.8 Å². The van der Waals surface area contributed by atoms with E-state index in [4.69, 9.17) is 0 Å². The lowest BCUT2D eigenvalue weighted by atomic mass is 9.77. The molecule has 21 heavy (non-hydrogen) atoms. The summed E-state index contributed by atoms with van der Waals surface area (Å²) in [7, 11) is 0. The molecule has 0 radical (unpaired) electrons. The van der Waals surface area contributed by atoms with E-state index >= 15 is 0 Å². The normalized spacial score (nSPS) is 24.1. The Balaban J connectivity index is 1.56. The van der Waals surface area contributed by atoms with Crippen LogP contribution in [0.3, 0.4) is 0 Å². The van der Waals surface area contributed by atoms with E-state index in [9.17, 15) is 0 Å². The number of rotatable bonds is 4. The molecule has 0 spiro atoms. The zero-order chi connectivity index (χ0) is 14.9. The number of nitrogens with one attached hydrogen (secondary N) is 1. The molecule has 1 aromatic rings. The second kappa shape index (κ2) is 6.25. The topological polar surface area (TPSA) is 28.2 Å². The third-order valence-corrected chi connectivity index (χ3v) is 5.97. The fourth-order valence-corrected chi connectivity index (χ4v) is 4.12. The van der Waals surface area contributed by atoms with Gasteiger partial charge in [-0.3, -0.25) is 0 Å². The number of thiazole rings is 1. The molecule has 2 heterocycles. The second-order valence-electron chi connectivity index (χ2n) is 7.75. The molecule has 0 bridgehead atoms. The maximum absolute atomic E-state index is 4.67. The van der Waals surface area contributed by atoms with Crippen LogP contribution in [0.5, 0.6) is 0 Å². The molecule has 0 aromatic carbocycles. The Bertz CT molecular complexity index is 459. The Morgan fingerprint density at radius 1 is 1.24 bits per heavy atom. The van der Waals surface area contributed by atoms with Crippen molar-refractivity contribution >= 4 is 16.5 Å². The van der Waals surface area contributed by atoms with E-state index in [1.807, 2.05) is 11.3 Å². The van der Waals surface area contributed by atoms with E-state index in [1.54, 1.807) is 0 Å². The van der Waals surface area contributed by atoms with Gasteiger partial charge >= 0.3 is 0 Å². The molecule has 3 nitrogen and oxygen atoms in total. The van der Waals surface area contributed by atoms with Gasteiger partial charge in [0.2, 0.25) is 0 Å². The first-order chi connectivity index (χ1) is 10.0. The molecule has 1 aromatic heterocycles. The zero-order valence-corrected chi connectivity index (χ0v) is 14.5. The third-order valence-electron chi connectivity index (χ3n) is 4.91. The minimum absolute atomic E-state index is 0.443. The van der Waals surface area contributed by atoms with E-state index in [-0.39, 0.29) is 0 Å². The van der Waals surface area contributed by atoms with Crippen molar-refractivity contribution in [1.29, 1.82) is 0 Å². The molecule has 2 aliphatic rings. The monoisotopic (exact) mass is 307 g/mol. The highest BCUT2D eigenvalue weighted by molar-refractivity contribution is 7.15. The first kappa shape index (κ1) is 15.3. The smallest absolute Gasteiger partial charge is 0.185 e. The maximum Gasteiger partial charge on any atom is 0.185 e. The van der Waals surface area contributed by atoms with Gasteiger partial charge in [-0.05, 0) is 43.4 Å². The molecule has 2 fully saturated rings. The van der Waals surface area contributed by atoms with Crippen molar-refractivity contribution in [3.05, 3.63) is 11.1 Å². The van der Waals surface area contributed by atoms with Crippen LogP contribution in [0.4, 0.5) is 5.13 Å². The van der Waals surface area contributed by atoms with Crippen molar-refractivity contribution in [2.24, 2.45) is 11.3 Å². The van der Waals surface area contributed by atoms with Gasteiger partial charge in [0.05, 0.1) is 0 Å². The fourth-order valence-electron chi connectivity index (χ4n) is 3.21. The van der Waals surface area contributed by atoms with Crippen LogP contribution in [0.2, 0.25) is 0 Å². The predicted molar refractivity (Wildman–Crippen MR) is 91.0 cm³/mol. The van der Waals surface area contributed by atoms with Crippen LogP contribution >= 0.6 is 11.3 Å². The fraction of sp³-hybridized carbons (Fsp3) is 0.824.